The summed E-state index contributed by atoms with van der Waals surface area (Å²) in [7, 11) is 0. The highest BCUT2D eigenvalue weighted by Gasteiger charge is 2.34. The van der Waals surface area contributed by atoms with Crippen LogP contribution in [0, 0.1) is 13.8 Å². The Morgan fingerprint density at radius 1 is 0.772 bits per heavy atom. The quantitative estimate of drug-likeness (QED) is 0.0669. The maximum absolute atomic E-state index is 13.6. The lowest BCUT2D eigenvalue weighted by Crippen LogP contribution is -2.31. The number of unbranched alkanes of at least 4 members (excludes halogenated alkanes) is 2. The predicted molar refractivity (Wildman–Crippen MR) is 221 cm³/mol. The van der Waals surface area contributed by atoms with E-state index in [0.717, 1.165) is 56.4 Å². The lowest BCUT2D eigenvalue weighted by Gasteiger charge is -2.19. The molecule has 6 aromatic rings. The fourth-order valence-electron chi connectivity index (χ4n) is 7.61. The first-order valence-corrected chi connectivity index (χ1v) is 19.6. The lowest BCUT2D eigenvalue weighted by molar-refractivity contribution is 0.00607. The molecule has 1 N–H and O–H groups in total. The summed E-state index contributed by atoms with van der Waals surface area (Å²) in [5.41, 5.74) is 6.16. The Kier molecular flexibility index (Phi) is 11.2. The van der Waals surface area contributed by atoms with Crippen LogP contribution in [-0.4, -0.2) is 63.5 Å². The molecule has 0 bridgehead atoms. The van der Waals surface area contributed by atoms with Crippen molar-refractivity contribution < 1.29 is 28.7 Å². The molecule has 1 aliphatic rings. The van der Waals surface area contributed by atoms with E-state index in [-0.39, 0.29) is 23.4 Å². The Morgan fingerprint density at radius 2 is 1.44 bits per heavy atom. The Labute approximate surface area is 332 Å². The van der Waals surface area contributed by atoms with Crippen molar-refractivity contribution in [2.24, 2.45) is 0 Å². The number of aromatic nitrogens is 2. The SMILES string of the molecule is Cc1cc(C(=O)NCCCCCN2C(=O)c3ccccc3C2=O)cc(C)c1-c1cccc2c(CCCOc3cccc4ccccc34)c(C(=O)OC(C)(C)C)nn12. The minimum Gasteiger partial charge on any atom is -0.493 e. The van der Waals surface area contributed by atoms with Crippen molar-refractivity contribution in [2.45, 2.75) is 72.3 Å². The largest absolute Gasteiger partial charge is 0.493 e. The number of pyridine rings is 1. The van der Waals surface area contributed by atoms with E-state index in [2.05, 4.69) is 23.5 Å². The average molecular weight is 765 g/mol. The van der Waals surface area contributed by atoms with E-state index in [1.165, 1.54) is 4.90 Å². The number of aryl methyl sites for hydroxylation is 3. The van der Waals surface area contributed by atoms with Crippen molar-refractivity contribution in [1.29, 1.82) is 0 Å². The van der Waals surface area contributed by atoms with Gasteiger partial charge in [-0.25, -0.2) is 9.31 Å². The van der Waals surface area contributed by atoms with Gasteiger partial charge in [0.2, 0.25) is 0 Å². The van der Waals surface area contributed by atoms with Crippen LogP contribution in [0.1, 0.15) is 105 Å². The van der Waals surface area contributed by atoms with Gasteiger partial charge in [-0.3, -0.25) is 19.3 Å². The molecule has 10 nitrogen and oxygen atoms in total. The van der Waals surface area contributed by atoms with Crippen molar-refractivity contribution in [1.82, 2.24) is 19.8 Å². The number of fused-ring (bicyclic) bond motifs is 3. The number of nitrogens with zero attached hydrogens (tertiary/aromatic N) is 3. The molecule has 0 aliphatic carbocycles. The van der Waals surface area contributed by atoms with Crippen molar-refractivity contribution in [3.8, 4) is 17.0 Å². The Bertz CT molecular complexity index is 2450. The second-order valence-electron chi connectivity index (χ2n) is 15.6. The van der Waals surface area contributed by atoms with E-state index in [4.69, 9.17) is 14.6 Å². The highest BCUT2D eigenvalue weighted by Crippen LogP contribution is 2.32. The zero-order chi connectivity index (χ0) is 40.3. The third-order valence-electron chi connectivity index (χ3n) is 10.2. The van der Waals surface area contributed by atoms with Crippen molar-refractivity contribution in [3.63, 3.8) is 0 Å². The lowest BCUT2D eigenvalue weighted by atomic mass is 9.96. The van der Waals surface area contributed by atoms with Crippen LogP contribution < -0.4 is 10.1 Å². The predicted octanol–water partition coefficient (Wildman–Crippen LogP) is 8.93. The molecule has 1 aliphatic heterocycles. The van der Waals surface area contributed by atoms with E-state index in [1.807, 2.05) is 93.7 Å². The minimum absolute atomic E-state index is 0.175. The van der Waals surface area contributed by atoms with Crippen molar-refractivity contribution in [3.05, 3.63) is 136 Å². The van der Waals surface area contributed by atoms with Crippen LogP contribution in [0.25, 0.3) is 27.5 Å². The first-order valence-electron chi connectivity index (χ1n) is 19.6. The maximum Gasteiger partial charge on any atom is 0.359 e. The van der Waals surface area contributed by atoms with Crippen LogP contribution >= 0.6 is 0 Å². The van der Waals surface area contributed by atoms with Crippen molar-refractivity contribution in [2.75, 3.05) is 19.7 Å². The Hall–Kier alpha value is -6.29. The number of rotatable bonds is 14. The number of amides is 3. The van der Waals surface area contributed by atoms with Gasteiger partial charge in [-0.05, 0) is 126 Å². The summed E-state index contributed by atoms with van der Waals surface area (Å²) in [5.74, 6) is -0.325. The highest BCUT2D eigenvalue weighted by molar-refractivity contribution is 6.21. The molecule has 3 heterocycles. The van der Waals surface area contributed by atoms with E-state index in [9.17, 15) is 19.2 Å². The minimum atomic E-state index is -0.699. The summed E-state index contributed by atoms with van der Waals surface area (Å²) in [6, 6.07) is 30.7. The molecule has 0 unspecified atom stereocenters. The van der Waals surface area contributed by atoms with Crippen LogP contribution in [0.3, 0.4) is 0 Å². The van der Waals surface area contributed by atoms with E-state index < -0.39 is 11.6 Å². The molecule has 0 atom stereocenters. The molecule has 3 amide bonds. The van der Waals surface area contributed by atoms with Gasteiger partial charge >= 0.3 is 5.97 Å². The van der Waals surface area contributed by atoms with Gasteiger partial charge in [0.15, 0.2) is 5.69 Å². The van der Waals surface area contributed by atoms with Gasteiger partial charge in [0.05, 0.1) is 28.9 Å². The van der Waals surface area contributed by atoms with Crippen LogP contribution in [0.5, 0.6) is 5.75 Å². The first-order chi connectivity index (χ1) is 27.4. The van der Waals surface area contributed by atoms with Crippen LogP contribution in [-0.2, 0) is 11.2 Å². The van der Waals surface area contributed by atoms with Gasteiger partial charge in [-0.1, -0.05) is 54.6 Å². The van der Waals surface area contributed by atoms with E-state index in [1.54, 1.807) is 24.3 Å². The summed E-state index contributed by atoms with van der Waals surface area (Å²) >= 11 is 0. The number of carbonyl (C=O) groups is 4. The standard InChI is InChI=1S/C47H48N4O6/c1-30-28-33(43(52)48-25-11-6-12-26-50-44(53)35-19-9-10-20-36(35)45(50)54)29-31(2)41(30)39-23-14-22-38-37(42(49-51(38)39)46(55)57-47(3,4)5)21-15-27-56-40-24-13-17-32-16-7-8-18-34(32)40/h7-10,13-14,16-20,22-24,28-29H,6,11-12,15,21,25-27H2,1-5H3,(H,48,52). The second kappa shape index (κ2) is 16.4. The van der Waals surface area contributed by atoms with Gasteiger partial charge < -0.3 is 14.8 Å². The number of carbonyl (C=O) groups excluding carboxylic acids is 4. The van der Waals surface area contributed by atoms with Gasteiger partial charge in [-0.15, -0.1) is 0 Å². The summed E-state index contributed by atoms with van der Waals surface area (Å²) in [4.78, 5) is 53.5. The molecular weight excluding hydrogens is 717 g/mol. The highest BCUT2D eigenvalue weighted by atomic mass is 16.6. The van der Waals surface area contributed by atoms with Crippen molar-refractivity contribution >= 4 is 40.0 Å². The molecule has 7 rings (SSSR count). The summed E-state index contributed by atoms with van der Waals surface area (Å²) in [5, 5.41) is 10.1. The topological polar surface area (TPSA) is 119 Å². The van der Waals surface area contributed by atoms with E-state index in [0.29, 0.717) is 62.1 Å². The first kappa shape index (κ1) is 39.0. The molecule has 10 heteroatoms. The molecule has 4 aromatic carbocycles. The van der Waals surface area contributed by atoms with Gasteiger partial charge in [0.1, 0.15) is 11.4 Å². The molecule has 292 valence electrons. The zero-order valence-electron chi connectivity index (χ0n) is 33.2. The fourth-order valence-corrected chi connectivity index (χ4v) is 7.61. The molecule has 0 spiro atoms. The number of hydrogen-bond acceptors (Lipinski definition) is 7. The number of nitrogens with one attached hydrogen (secondary N) is 1. The maximum atomic E-state index is 13.6. The number of hydrogen-bond donors (Lipinski definition) is 1. The summed E-state index contributed by atoms with van der Waals surface area (Å²) in [6.45, 7) is 10.7. The zero-order valence-corrected chi connectivity index (χ0v) is 33.2. The molecule has 0 saturated carbocycles. The molecule has 0 saturated heterocycles. The third kappa shape index (κ3) is 8.31. The number of ether oxygens (including phenoxy) is 2. The average Bonchev–Trinajstić information content (AvgIpc) is 3.68. The second-order valence-corrected chi connectivity index (χ2v) is 15.6. The van der Waals surface area contributed by atoms with Crippen LogP contribution in [0.4, 0.5) is 0 Å². The van der Waals surface area contributed by atoms with Crippen LogP contribution in [0.15, 0.2) is 97.1 Å². The number of benzene rings is 4. The molecule has 0 radical (unpaired) electrons. The Morgan fingerprint density at radius 3 is 2.16 bits per heavy atom. The van der Waals surface area contributed by atoms with Gasteiger partial charge in [-0.2, -0.15) is 5.10 Å². The van der Waals surface area contributed by atoms with Gasteiger partial charge in [0, 0.05) is 35.2 Å². The third-order valence-corrected chi connectivity index (χ3v) is 10.2. The molecule has 2 aromatic heterocycles. The van der Waals surface area contributed by atoms with Crippen LogP contribution in [0.2, 0.25) is 0 Å². The molecular formula is C47H48N4O6. The normalized spacial score (nSPS) is 12.7. The fraction of sp³-hybridized carbons (Fsp3) is 0.298. The number of esters is 1. The Balaban J connectivity index is 1.03. The summed E-state index contributed by atoms with van der Waals surface area (Å²) in [6.07, 6.45) is 3.32. The monoisotopic (exact) mass is 764 g/mol. The van der Waals surface area contributed by atoms with Gasteiger partial charge in [0.25, 0.3) is 17.7 Å². The van der Waals surface area contributed by atoms with E-state index >= 15 is 0 Å². The summed E-state index contributed by atoms with van der Waals surface area (Å²) < 4.78 is 13.9. The smallest absolute Gasteiger partial charge is 0.359 e. The molecule has 57 heavy (non-hydrogen) atoms. The molecule has 0 fully saturated rings. The number of imide groups is 1.